The van der Waals surface area contributed by atoms with Gasteiger partial charge in [0.15, 0.2) is 6.04 Å². The molecular formula is C19H14N6O4S. The fourth-order valence-corrected chi connectivity index (χ4v) is 3.53. The van der Waals surface area contributed by atoms with Gasteiger partial charge in [-0.05, 0) is 31.2 Å². The van der Waals surface area contributed by atoms with E-state index in [1.54, 1.807) is 36.6 Å². The summed E-state index contributed by atoms with van der Waals surface area (Å²) in [6.45, 7) is 1.67. The summed E-state index contributed by atoms with van der Waals surface area (Å²) in [6.07, 6.45) is 0. The Morgan fingerprint density at radius 1 is 1.23 bits per heavy atom. The fourth-order valence-electron chi connectivity index (χ4n) is 2.74. The molecule has 0 saturated heterocycles. The number of aromatic hydroxyl groups is 1. The number of carbonyl (C=O) groups is 1. The summed E-state index contributed by atoms with van der Waals surface area (Å²) in [6, 6.07) is 11.3. The van der Waals surface area contributed by atoms with Crippen LogP contribution in [0, 0.1) is 10.1 Å². The Bertz CT molecular complexity index is 1190. The Labute approximate surface area is 174 Å². The van der Waals surface area contributed by atoms with E-state index in [0.717, 1.165) is 0 Å². The van der Waals surface area contributed by atoms with Gasteiger partial charge in [0.25, 0.3) is 11.6 Å². The van der Waals surface area contributed by atoms with Crippen molar-refractivity contribution in [1.82, 2.24) is 4.98 Å². The Hall–Kier alpha value is -3.99. The van der Waals surface area contributed by atoms with E-state index in [1.807, 2.05) is 0 Å². The highest BCUT2D eigenvalue weighted by molar-refractivity contribution is 7.14. The van der Waals surface area contributed by atoms with Crippen LogP contribution in [0.25, 0.3) is 11.3 Å². The number of rotatable bonds is 5. The molecule has 2 heterocycles. The van der Waals surface area contributed by atoms with E-state index in [2.05, 4.69) is 20.3 Å². The van der Waals surface area contributed by atoms with Gasteiger partial charge < -0.3 is 5.11 Å². The Kier molecular flexibility index (Phi) is 5.02. The van der Waals surface area contributed by atoms with Crippen molar-refractivity contribution in [3.8, 4) is 17.0 Å². The smallest absolute Gasteiger partial charge is 0.282 e. The van der Waals surface area contributed by atoms with Gasteiger partial charge in [-0.25, -0.2) is 4.98 Å². The molecule has 30 heavy (non-hydrogen) atoms. The number of phenolic OH excluding ortho intramolecular Hbond substituents is 1. The van der Waals surface area contributed by atoms with Gasteiger partial charge in [0.2, 0.25) is 5.13 Å². The van der Waals surface area contributed by atoms with Crippen molar-refractivity contribution in [1.29, 1.82) is 0 Å². The van der Waals surface area contributed by atoms with E-state index in [0.29, 0.717) is 27.8 Å². The maximum atomic E-state index is 12.8. The lowest BCUT2D eigenvalue weighted by atomic mass is 10.1. The van der Waals surface area contributed by atoms with Gasteiger partial charge in [-0.15, -0.1) is 11.3 Å². The lowest BCUT2D eigenvalue weighted by Gasteiger charge is -2.08. The Balaban J connectivity index is 1.54. The third kappa shape index (κ3) is 3.78. The van der Waals surface area contributed by atoms with Crippen molar-refractivity contribution in [2.24, 2.45) is 15.3 Å². The van der Waals surface area contributed by atoms with Gasteiger partial charge in [-0.2, -0.15) is 20.3 Å². The molecule has 4 rings (SSSR count). The van der Waals surface area contributed by atoms with Gasteiger partial charge >= 0.3 is 0 Å². The maximum Gasteiger partial charge on any atom is 0.282 e. The number of hydrazone groups is 1. The van der Waals surface area contributed by atoms with Gasteiger partial charge in [0, 0.05) is 23.1 Å². The van der Waals surface area contributed by atoms with Crippen LogP contribution in [0.15, 0.2) is 69.2 Å². The lowest BCUT2D eigenvalue weighted by Crippen LogP contribution is -2.29. The number of phenols is 1. The van der Waals surface area contributed by atoms with E-state index in [9.17, 15) is 20.0 Å². The van der Waals surface area contributed by atoms with Crippen LogP contribution in [-0.2, 0) is 4.79 Å². The Morgan fingerprint density at radius 2 is 2.00 bits per heavy atom. The number of anilines is 1. The summed E-state index contributed by atoms with van der Waals surface area (Å²) < 4.78 is 0. The number of thiazole rings is 1. The number of amides is 1. The molecule has 0 aliphatic carbocycles. The number of nitro benzene ring substituents is 1. The molecule has 1 N–H and O–H groups in total. The molecule has 1 aromatic heterocycles. The SMILES string of the molecule is CC1=NN(c2nc(-c3cccc([N+](=O)[O-])c3)cs2)C(=O)[C@@H]1N=Nc1ccc(O)cc1. The second-order valence-corrected chi connectivity index (χ2v) is 7.19. The highest BCUT2D eigenvalue weighted by Crippen LogP contribution is 2.32. The molecular weight excluding hydrogens is 408 g/mol. The number of hydrogen-bond acceptors (Lipinski definition) is 9. The zero-order valence-electron chi connectivity index (χ0n) is 15.5. The van der Waals surface area contributed by atoms with E-state index in [-0.39, 0.29) is 11.4 Å². The van der Waals surface area contributed by atoms with Crippen molar-refractivity contribution in [3.63, 3.8) is 0 Å². The highest BCUT2D eigenvalue weighted by atomic mass is 32.1. The summed E-state index contributed by atoms with van der Waals surface area (Å²) in [4.78, 5) is 27.7. The number of nitro groups is 1. The number of non-ortho nitro benzene ring substituents is 1. The standard InChI is InChI=1S/C19H14N6O4S/c1-11-17(22-21-13-5-7-15(26)8-6-13)18(27)24(23-11)19-20-16(10-30-19)12-3-2-4-14(9-12)25(28)29/h2-10,17,26H,1H3/t17-/m1/s1. The maximum absolute atomic E-state index is 12.8. The van der Waals surface area contributed by atoms with Crippen molar-refractivity contribution in [2.75, 3.05) is 5.01 Å². The van der Waals surface area contributed by atoms with E-state index >= 15 is 0 Å². The molecule has 0 unspecified atom stereocenters. The summed E-state index contributed by atoms with van der Waals surface area (Å²) in [7, 11) is 0. The first kappa shape index (κ1) is 19.3. The first-order valence-electron chi connectivity index (χ1n) is 8.71. The number of benzene rings is 2. The molecule has 1 atom stereocenters. The van der Waals surface area contributed by atoms with Gasteiger partial charge in [-0.3, -0.25) is 14.9 Å². The normalized spacial score (nSPS) is 16.3. The van der Waals surface area contributed by atoms with Crippen molar-refractivity contribution >= 4 is 39.5 Å². The molecule has 0 saturated carbocycles. The molecule has 0 radical (unpaired) electrons. The monoisotopic (exact) mass is 422 g/mol. The number of aromatic nitrogens is 1. The third-order valence-electron chi connectivity index (χ3n) is 4.26. The molecule has 0 bridgehead atoms. The number of hydrogen-bond donors (Lipinski definition) is 1. The largest absolute Gasteiger partial charge is 0.508 e. The van der Waals surface area contributed by atoms with E-state index < -0.39 is 16.9 Å². The second kappa shape index (κ2) is 7.79. The zero-order valence-corrected chi connectivity index (χ0v) is 16.4. The Morgan fingerprint density at radius 3 is 2.73 bits per heavy atom. The predicted molar refractivity (Wildman–Crippen MR) is 111 cm³/mol. The van der Waals surface area contributed by atoms with Crippen molar-refractivity contribution < 1.29 is 14.8 Å². The van der Waals surface area contributed by atoms with E-state index in [1.165, 1.54) is 40.6 Å². The van der Waals surface area contributed by atoms with Crippen molar-refractivity contribution in [3.05, 3.63) is 64.0 Å². The van der Waals surface area contributed by atoms with Gasteiger partial charge in [0.1, 0.15) is 5.75 Å². The average molecular weight is 422 g/mol. The van der Waals surface area contributed by atoms with E-state index in [4.69, 9.17) is 0 Å². The summed E-state index contributed by atoms with van der Waals surface area (Å²) in [5.74, 6) is -0.284. The summed E-state index contributed by atoms with van der Waals surface area (Å²) in [5, 5.41) is 35.9. The molecule has 1 amide bonds. The fraction of sp³-hybridized carbons (Fsp3) is 0.105. The molecule has 2 aromatic carbocycles. The van der Waals surface area contributed by atoms with Gasteiger partial charge in [0.05, 0.1) is 22.0 Å². The molecule has 0 fully saturated rings. The predicted octanol–water partition coefficient (Wildman–Crippen LogP) is 4.30. The van der Waals surface area contributed by atoms with Crippen LogP contribution < -0.4 is 5.01 Å². The van der Waals surface area contributed by atoms with Crippen LogP contribution in [0.2, 0.25) is 0 Å². The zero-order chi connectivity index (χ0) is 21.3. The first-order chi connectivity index (χ1) is 14.4. The minimum atomic E-state index is -0.871. The van der Waals surface area contributed by atoms with Crippen LogP contribution in [0.3, 0.4) is 0 Å². The lowest BCUT2D eigenvalue weighted by molar-refractivity contribution is -0.384. The molecule has 150 valence electrons. The third-order valence-corrected chi connectivity index (χ3v) is 5.08. The number of azo groups is 1. The molecule has 11 heteroatoms. The molecule has 0 spiro atoms. The first-order valence-corrected chi connectivity index (χ1v) is 9.59. The number of nitrogens with zero attached hydrogens (tertiary/aromatic N) is 6. The minimum Gasteiger partial charge on any atom is -0.508 e. The van der Waals surface area contributed by atoms with Crippen LogP contribution in [0.4, 0.5) is 16.5 Å². The average Bonchev–Trinajstić information content (AvgIpc) is 3.33. The topological polar surface area (TPSA) is 134 Å². The highest BCUT2D eigenvalue weighted by Gasteiger charge is 2.36. The number of carbonyl (C=O) groups excluding carboxylic acids is 1. The van der Waals surface area contributed by atoms with Crippen LogP contribution >= 0.6 is 11.3 Å². The molecule has 1 aliphatic rings. The molecule has 1 aliphatic heterocycles. The second-order valence-electron chi connectivity index (χ2n) is 6.35. The van der Waals surface area contributed by atoms with Crippen LogP contribution in [0.1, 0.15) is 6.92 Å². The van der Waals surface area contributed by atoms with Crippen molar-refractivity contribution in [2.45, 2.75) is 13.0 Å². The van der Waals surface area contributed by atoms with Crippen LogP contribution in [-0.4, -0.2) is 32.7 Å². The quantitative estimate of drug-likeness (QED) is 0.372. The van der Waals surface area contributed by atoms with Gasteiger partial charge in [-0.1, -0.05) is 12.1 Å². The van der Waals surface area contributed by atoms with Crippen LogP contribution in [0.5, 0.6) is 5.75 Å². The summed E-state index contributed by atoms with van der Waals surface area (Å²) in [5.41, 5.74) is 2.00. The summed E-state index contributed by atoms with van der Waals surface area (Å²) >= 11 is 1.20. The molecule has 3 aromatic rings. The minimum absolute atomic E-state index is 0.0390. The molecule has 10 nitrogen and oxygen atoms in total.